The molecule has 1 aliphatic heterocycles. The van der Waals surface area contributed by atoms with Crippen molar-refractivity contribution in [2.45, 2.75) is 31.6 Å². The molecular formula is C12H16N2. The zero-order valence-electron chi connectivity index (χ0n) is 8.45. The Labute approximate surface area is 85.0 Å². The third-order valence-corrected chi connectivity index (χ3v) is 3.25. The second-order valence-corrected chi connectivity index (χ2v) is 4.42. The van der Waals surface area contributed by atoms with Gasteiger partial charge in [-0.2, -0.15) is 0 Å². The maximum Gasteiger partial charge on any atom is 0.128 e. The average Bonchev–Trinajstić information content (AvgIpc) is 2.94. The molecule has 0 amide bonds. The van der Waals surface area contributed by atoms with Crippen molar-refractivity contribution < 1.29 is 0 Å². The van der Waals surface area contributed by atoms with E-state index >= 15 is 0 Å². The molecule has 14 heavy (non-hydrogen) atoms. The summed E-state index contributed by atoms with van der Waals surface area (Å²) < 4.78 is 0. The molecule has 0 radical (unpaired) electrons. The lowest BCUT2D eigenvalue weighted by atomic mass is 10.2. The standard InChI is InChI=1S/C12H16N2/c1-2-8-14(7-1)12-6-5-11(9-13-12)10-3-4-10/h5-6,9-10H,1-4,7-8H2. The van der Waals surface area contributed by atoms with Crippen LogP contribution in [0.2, 0.25) is 0 Å². The molecule has 0 N–H and O–H groups in total. The van der Waals surface area contributed by atoms with Gasteiger partial charge in [0.2, 0.25) is 0 Å². The molecular weight excluding hydrogens is 172 g/mol. The van der Waals surface area contributed by atoms with Crippen LogP contribution < -0.4 is 4.90 Å². The van der Waals surface area contributed by atoms with Crippen molar-refractivity contribution in [1.82, 2.24) is 4.98 Å². The highest BCUT2D eigenvalue weighted by molar-refractivity contribution is 5.41. The van der Waals surface area contributed by atoms with Gasteiger partial charge in [0.25, 0.3) is 0 Å². The van der Waals surface area contributed by atoms with E-state index in [0.29, 0.717) is 0 Å². The molecule has 3 rings (SSSR count). The van der Waals surface area contributed by atoms with Crippen molar-refractivity contribution >= 4 is 5.82 Å². The van der Waals surface area contributed by atoms with E-state index in [1.807, 2.05) is 0 Å². The first-order valence-electron chi connectivity index (χ1n) is 5.64. The third kappa shape index (κ3) is 1.49. The van der Waals surface area contributed by atoms with Gasteiger partial charge in [-0.25, -0.2) is 4.98 Å². The van der Waals surface area contributed by atoms with Crippen molar-refractivity contribution in [3.63, 3.8) is 0 Å². The van der Waals surface area contributed by atoms with E-state index in [1.165, 1.54) is 50.2 Å². The highest BCUT2D eigenvalue weighted by Crippen LogP contribution is 2.39. The third-order valence-electron chi connectivity index (χ3n) is 3.25. The van der Waals surface area contributed by atoms with Gasteiger partial charge < -0.3 is 4.90 Å². The topological polar surface area (TPSA) is 16.1 Å². The first-order chi connectivity index (χ1) is 6.93. The van der Waals surface area contributed by atoms with Crippen LogP contribution in [0.15, 0.2) is 18.3 Å². The molecule has 0 spiro atoms. The minimum atomic E-state index is 0.829. The minimum absolute atomic E-state index is 0.829. The predicted octanol–water partition coefficient (Wildman–Crippen LogP) is 2.56. The molecule has 1 saturated heterocycles. The fraction of sp³-hybridized carbons (Fsp3) is 0.583. The maximum atomic E-state index is 4.55. The Morgan fingerprint density at radius 3 is 2.50 bits per heavy atom. The van der Waals surface area contributed by atoms with E-state index in [-0.39, 0.29) is 0 Å². The van der Waals surface area contributed by atoms with E-state index in [1.54, 1.807) is 0 Å². The van der Waals surface area contributed by atoms with Crippen molar-refractivity contribution in [2.75, 3.05) is 18.0 Å². The molecule has 0 bridgehead atoms. The van der Waals surface area contributed by atoms with Gasteiger partial charge in [-0.3, -0.25) is 0 Å². The van der Waals surface area contributed by atoms with Crippen molar-refractivity contribution in [3.8, 4) is 0 Å². The number of aromatic nitrogens is 1. The predicted molar refractivity (Wildman–Crippen MR) is 57.7 cm³/mol. The Bertz CT molecular complexity index is 308. The molecule has 0 aromatic carbocycles. The molecule has 1 aromatic rings. The maximum absolute atomic E-state index is 4.55. The highest BCUT2D eigenvalue weighted by Gasteiger charge is 2.24. The monoisotopic (exact) mass is 188 g/mol. The number of hydrogen-bond acceptors (Lipinski definition) is 2. The molecule has 2 fully saturated rings. The lowest BCUT2D eigenvalue weighted by Crippen LogP contribution is -2.18. The van der Waals surface area contributed by atoms with Gasteiger partial charge in [0, 0.05) is 19.3 Å². The molecule has 1 aromatic heterocycles. The molecule has 2 aliphatic rings. The van der Waals surface area contributed by atoms with E-state index in [4.69, 9.17) is 0 Å². The van der Waals surface area contributed by atoms with Gasteiger partial charge in [-0.15, -0.1) is 0 Å². The lowest BCUT2D eigenvalue weighted by molar-refractivity contribution is 0.931. The fourth-order valence-corrected chi connectivity index (χ4v) is 2.19. The number of hydrogen-bond donors (Lipinski definition) is 0. The molecule has 1 aliphatic carbocycles. The summed E-state index contributed by atoms with van der Waals surface area (Å²) >= 11 is 0. The summed E-state index contributed by atoms with van der Waals surface area (Å²) in [5.41, 5.74) is 1.44. The molecule has 2 heterocycles. The van der Waals surface area contributed by atoms with Crippen LogP contribution in [0.4, 0.5) is 5.82 Å². The van der Waals surface area contributed by atoms with Crippen LogP contribution in [-0.4, -0.2) is 18.1 Å². The van der Waals surface area contributed by atoms with E-state index in [9.17, 15) is 0 Å². The van der Waals surface area contributed by atoms with Crippen LogP contribution in [0, 0.1) is 0 Å². The quantitative estimate of drug-likeness (QED) is 0.709. The smallest absolute Gasteiger partial charge is 0.128 e. The molecule has 0 atom stereocenters. The molecule has 1 saturated carbocycles. The largest absolute Gasteiger partial charge is 0.357 e. The zero-order chi connectivity index (χ0) is 9.38. The van der Waals surface area contributed by atoms with Gasteiger partial charge in [0.05, 0.1) is 0 Å². The minimum Gasteiger partial charge on any atom is -0.357 e. The van der Waals surface area contributed by atoms with Crippen LogP contribution in [0.1, 0.15) is 37.2 Å². The highest BCUT2D eigenvalue weighted by atomic mass is 15.2. The molecule has 2 heteroatoms. The van der Waals surface area contributed by atoms with Gasteiger partial charge in [-0.1, -0.05) is 6.07 Å². The van der Waals surface area contributed by atoms with E-state index in [0.717, 1.165) is 5.92 Å². The number of anilines is 1. The van der Waals surface area contributed by atoms with Crippen LogP contribution in [0.5, 0.6) is 0 Å². The molecule has 0 unspecified atom stereocenters. The fourth-order valence-electron chi connectivity index (χ4n) is 2.19. The van der Waals surface area contributed by atoms with Crippen molar-refractivity contribution in [1.29, 1.82) is 0 Å². The Morgan fingerprint density at radius 2 is 1.93 bits per heavy atom. The van der Waals surface area contributed by atoms with Crippen LogP contribution in [0.25, 0.3) is 0 Å². The summed E-state index contributed by atoms with van der Waals surface area (Å²) in [6.07, 6.45) is 7.46. The SMILES string of the molecule is c1cc(N2CCCC2)ncc1C1CC1. The zero-order valence-corrected chi connectivity index (χ0v) is 8.45. The molecule has 74 valence electrons. The average molecular weight is 188 g/mol. The summed E-state index contributed by atoms with van der Waals surface area (Å²) in [6.45, 7) is 2.38. The number of pyridine rings is 1. The lowest BCUT2D eigenvalue weighted by Gasteiger charge is -2.16. The first-order valence-corrected chi connectivity index (χ1v) is 5.64. The Balaban J connectivity index is 1.78. The number of rotatable bonds is 2. The Kier molecular flexibility index (Phi) is 1.93. The van der Waals surface area contributed by atoms with Crippen LogP contribution in [-0.2, 0) is 0 Å². The molecule has 2 nitrogen and oxygen atoms in total. The second-order valence-electron chi connectivity index (χ2n) is 4.42. The Morgan fingerprint density at radius 1 is 1.14 bits per heavy atom. The van der Waals surface area contributed by atoms with Crippen LogP contribution in [0.3, 0.4) is 0 Å². The van der Waals surface area contributed by atoms with E-state index < -0.39 is 0 Å². The van der Waals surface area contributed by atoms with Crippen molar-refractivity contribution in [2.24, 2.45) is 0 Å². The van der Waals surface area contributed by atoms with E-state index in [2.05, 4.69) is 28.2 Å². The second kappa shape index (κ2) is 3.26. The summed E-state index contributed by atoms with van der Waals surface area (Å²) in [4.78, 5) is 6.93. The summed E-state index contributed by atoms with van der Waals surface area (Å²) in [5.74, 6) is 2.00. The van der Waals surface area contributed by atoms with Gasteiger partial charge >= 0.3 is 0 Å². The normalized spacial score (nSPS) is 21.6. The van der Waals surface area contributed by atoms with Gasteiger partial charge in [0.1, 0.15) is 5.82 Å². The van der Waals surface area contributed by atoms with Crippen LogP contribution >= 0.6 is 0 Å². The van der Waals surface area contributed by atoms with Gasteiger partial charge in [0.15, 0.2) is 0 Å². The Hall–Kier alpha value is -1.05. The number of nitrogens with zero attached hydrogens (tertiary/aromatic N) is 2. The summed E-state index contributed by atoms with van der Waals surface area (Å²) in [7, 11) is 0. The first kappa shape index (κ1) is 8.27. The van der Waals surface area contributed by atoms with Gasteiger partial charge in [-0.05, 0) is 43.2 Å². The summed E-state index contributed by atoms with van der Waals surface area (Å²) in [6, 6.07) is 4.46. The van der Waals surface area contributed by atoms with Crippen molar-refractivity contribution in [3.05, 3.63) is 23.9 Å². The summed E-state index contributed by atoms with van der Waals surface area (Å²) in [5, 5.41) is 0.